The number of nitrogens with one attached hydrogen (secondary N) is 2. The number of thioether (sulfide) groups is 1. The number of anilines is 2. The number of hydrogen-bond donors (Lipinski definition) is 2. The van der Waals surface area contributed by atoms with Crippen LogP contribution in [0.5, 0.6) is 5.75 Å². The van der Waals surface area contributed by atoms with Crippen molar-refractivity contribution in [1.82, 2.24) is 10.2 Å². The lowest BCUT2D eigenvalue weighted by Gasteiger charge is -2.06. The highest BCUT2D eigenvalue weighted by atomic mass is 32.2. The van der Waals surface area contributed by atoms with Crippen molar-refractivity contribution in [2.24, 2.45) is 0 Å². The van der Waals surface area contributed by atoms with E-state index in [0.717, 1.165) is 9.47 Å². The second-order valence-electron chi connectivity index (χ2n) is 4.36. The van der Waals surface area contributed by atoms with Crippen molar-refractivity contribution >= 4 is 39.8 Å². The van der Waals surface area contributed by atoms with Gasteiger partial charge < -0.3 is 20.1 Å². The Bertz CT molecular complexity index is 636. The molecule has 23 heavy (non-hydrogen) atoms. The van der Waals surface area contributed by atoms with Gasteiger partial charge in [0.05, 0.1) is 19.5 Å². The number of carbonyl (C=O) groups excluding carboxylic acids is 1. The number of hydrogen-bond acceptors (Lipinski definition) is 8. The van der Waals surface area contributed by atoms with Gasteiger partial charge in [-0.15, -0.1) is 10.2 Å². The predicted octanol–water partition coefficient (Wildman–Crippen LogP) is 2.34. The summed E-state index contributed by atoms with van der Waals surface area (Å²) in [5.74, 6) is 0.864. The third-order valence-corrected chi connectivity index (χ3v) is 4.68. The van der Waals surface area contributed by atoms with Gasteiger partial charge >= 0.3 is 0 Å². The first-order valence-electron chi connectivity index (χ1n) is 6.84. The van der Waals surface area contributed by atoms with E-state index in [1.54, 1.807) is 20.3 Å². The summed E-state index contributed by atoms with van der Waals surface area (Å²) < 4.78 is 10.8. The van der Waals surface area contributed by atoms with E-state index in [0.29, 0.717) is 24.6 Å². The number of ether oxygens (including phenoxy) is 2. The molecular formula is C14H18N4O3S2. The molecule has 2 rings (SSSR count). The second kappa shape index (κ2) is 9.33. The van der Waals surface area contributed by atoms with Crippen LogP contribution >= 0.6 is 23.1 Å². The number of amides is 1. The van der Waals surface area contributed by atoms with Crippen LogP contribution in [0.1, 0.15) is 0 Å². The fourth-order valence-corrected chi connectivity index (χ4v) is 3.20. The standard InChI is InChI=1S/C14H18N4O3S2/c1-20-7-6-15-13-17-18-14(23-13)22-9-12(19)16-10-4-3-5-11(8-10)21-2/h3-5,8H,6-7,9H2,1-2H3,(H,15,17)(H,16,19). The third kappa shape index (κ3) is 6.05. The van der Waals surface area contributed by atoms with E-state index < -0.39 is 0 Å². The first-order chi connectivity index (χ1) is 11.2. The zero-order chi connectivity index (χ0) is 16.5. The van der Waals surface area contributed by atoms with Gasteiger partial charge in [-0.2, -0.15) is 0 Å². The molecule has 1 aromatic carbocycles. The van der Waals surface area contributed by atoms with E-state index in [1.165, 1.54) is 23.1 Å². The lowest BCUT2D eigenvalue weighted by Crippen LogP contribution is -2.13. The molecule has 0 spiro atoms. The van der Waals surface area contributed by atoms with Crippen LogP contribution in [0.15, 0.2) is 28.6 Å². The van der Waals surface area contributed by atoms with Gasteiger partial charge in [-0.3, -0.25) is 4.79 Å². The predicted molar refractivity (Wildman–Crippen MR) is 92.6 cm³/mol. The van der Waals surface area contributed by atoms with E-state index in [2.05, 4.69) is 20.8 Å². The summed E-state index contributed by atoms with van der Waals surface area (Å²) in [5, 5.41) is 14.7. The summed E-state index contributed by atoms with van der Waals surface area (Å²) in [6, 6.07) is 7.23. The molecule has 1 amide bonds. The first-order valence-corrected chi connectivity index (χ1v) is 8.64. The molecule has 7 nitrogen and oxygen atoms in total. The Morgan fingerprint density at radius 2 is 2.22 bits per heavy atom. The molecular weight excluding hydrogens is 336 g/mol. The third-order valence-electron chi connectivity index (χ3n) is 2.67. The minimum Gasteiger partial charge on any atom is -0.497 e. The molecule has 0 aliphatic rings. The summed E-state index contributed by atoms with van der Waals surface area (Å²) in [6.45, 7) is 1.27. The fourth-order valence-electron chi connectivity index (χ4n) is 1.62. The van der Waals surface area contributed by atoms with Crippen molar-refractivity contribution < 1.29 is 14.3 Å². The SMILES string of the molecule is COCCNc1nnc(SCC(=O)Nc2cccc(OC)c2)s1. The van der Waals surface area contributed by atoms with Gasteiger partial charge in [0.2, 0.25) is 11.0 Å². The van der Waals surface area contributed by atoms with Crippen LogP contribution in [0.25, 0.3) is 0 Å². The minimum absolute atomic E-state index is 0.104. The molecule has 1 aromatic heterocycles. The van der Waals surface area contributed by atoms with Crippen molar-refractivity contribution in [2.45, 2.75) is 4.34 Å². The van der Waals surface area contributed by atoms with Crippen LogP contribution in [0.3, 0.4) is 0 Å². The van der Waals surface area contributed by atoms with E-state index in [4.69, 9.17) is 9.47 Å². The second-order valence-corrected chi connectivity index (χ2v) is 6.56. The van der Waals surface area contributed by atoms with E-state index in [-0.39, 0.29) is 11.7 Å². The summed E-state index contributed by atoms with van der Waals surface area (Å²) in [5.41, 5.74) is 0.703. The highest BCUT2D eigenvalue weighted by molar-refractivity contribution is 8.01. The summed E-state index contributed by atoms with van der Waals surface area (Å²) in [7, 11) is 3.23. The molecule has 0 aliphatic heterocycles. The molecule has 1 heterocycles. The minimum atomic E-state index is -0.104. The van der Waals surface area contributed by atoms with Crippen molar-refractivity contribution in [3.8, 4) is 5.75 Å². The van der Waals surface area contributed by atoms with Crippen molar-refractivity contribution in [3.05, 3.63) is 24.3 Å². The molecule has 2 aromatic rings. The van der Waals surface area contributed by atoms with Crippen molar-refractivity contribution in [1.29, 1.82) is 0 Å². The molecule has 9 heteroatoms. The van der Waals surface area contributed by atoms with E-state index in [1.807, 2.05) is 18.2 Å². The molecule has 0 saturated heterocycles. The number of nitrogens with zero attached hydrogens (tertiary/aromatic N) is 2. The Morgan fingerprint density at radius 3 is 3.00 bits per heavy atom. The van der Waals surface area contributed by atoms with Crippen LogP contribution in [0, 0.1) is 0 Å². The van der Waals surface area contributed by atoms with Gasteiger partial charge in [0.25, 0.3) is 0 Å². The number of rotatable bonds is 9. The van der Waals surface area contributed by atoms with Gasteiger partial charge in [-0.25, -0.2) is 0 Å². The van der Waals surface area contributed by atoms with Gasteiger partial charge in [0, 0.05) is 25.4 Å². The molecule has 0 aliphatic carbocycles. The number of carbonyl (C=O) groups is 1. The zero-order valence-corrected chi connectivity index (χ0v) is 14.5. The summed E-state index contributed by atoms with van der Waals surface area (Å²) in [4.78, 5) is 12.0. The van der Waals surface area contributed by atoms with E-state index >= 15 is 0 Å². The Kier molecular flexibility index (Phi) is 7.11. The lowest BCUT2D eigenvalue weighted by molar-refractivity contribution is -0.113. The molecule has 0 atom stereocenters. The molecule has 0 saturated carbocycles. The molecule has 124 valence electrons. The van der Waals surface area contributed by atoms with Gasteiger partial charge in [-0.05, 0) is 12.1 Å². The maximum absolute atomic E-state index is 12.0. The molecule has 0 radical (unpaired) electrons. The monoisotopic (exact) mass is 354 g/mol. The normalized spacial score (nSPS) is 10.3. The number of methoxy groups -OCH3 is 2. The van der Waals surface area contributed by atoms with Crippen molar-refractivity contribution in [3.63, 3.8) is 0 Å². The van der Waals surface area contributed by atoms with Crippen LogP contribution < -0.4 is 15.4 Å². The average Bonchev–Trinajstić information content (AvgIpc) is 3.01. The number of aromatic nitrogens is 2. The van der Waals surface area contributed by atoms with Gasteiger partial charge in [0.15, 0.2) is 4.34 Å². The van der Waals surface area contributed by atoms with Crippen LogP contribution in [-0.4, -0.2) is 49.2 Å². The smallest absolute Gasteiger partial charge is 0.234 e. The molecule has 0 fully saturated rings. The zero-order valence-electron chi connectivity index (χ0n) is 12.9. The van der Waals surface area contributed by atoms with Gasteiger partial charge in [0.1, 0.15) is 5.75 Å². The van der Waals surface area contributed by atoms with Crippen LogP contribution in [0.4, 0.5) is 10.8 Å². The van der Waals surface area contributed by atoms with Crippen LogP contribution in [0.2, 0.25) is 0 Å². The Balaban J connectivity index is 1.77. The summed E-state index contributed by atoms with van der Waals surface area (Å²) >= 11 is 2.76. The molecule has 0 bridgehead atoms. The Morgan fingerprint density at radius 1 is 1.35 bits per heavy atom. The molecule has 2 N–H and O–H groups in total. The highest BCUT2D eigenvalue weighted by Gasteiger charge is 2.08. The quantitative estimate of drug-likeness (QED) is 0.528. The highest BCUT2D eigenvalue weighted by Crippen LogP contribution is 2.25. The topological polar surface area (TPSA) is 85.4 Å². The molecule has 0 unspecified atom stereocenters. The van der Waals surface area contributed by atoms with E-state index in [9.17, 15) is 4.79 Å². The fraction of sp³-hybridized carbons (Fsp3) is 0.357. The lowest BCUT2D eigenvalue weighted by atomic mass is 10.3. The maximum atomic E-state index is 12.0. The average molecular weight is 354 g/mol. The first kappa shape index (κ1) is 17.5. The number of benzene rings is 1. The largest absolute Gasteiger partial charge is 0.497 e. The maximum Gasteiger partial charge on any atom is 0.234 e. The summed E-state index contributed by atoms with van der Waals surface area (Å²) in [6.07, 6.45) is 0. The Hall–Kier alpha value is -1.84. The Labute approximate surface area is 142 Å². The van der Waals surface area contributed by atoms with Crippen LogP contribution in [-0.2, 0) is 9.53 Å². The van der Waals surface area contributed by atoms with Gasteiger partial charge in [-0.1, -0.05) is 29.2 Å². The van der Waals surface area contributed by atoms with Crippen molar-refractivity contribution in [2.75, 3.05) is 43.8 Å².